The lowest BCUT2D eigenvalue weighted by atomic mass is 10.2. The number of ether oxygens (including phenoxy) is 3. The quantitative estimate of drug-likeness (QED) is 0.383. The van der Waals surface area contributed by atoms with Crippen LogP contribution in [0.15, 0.2) is 47.4 Å². The zero-order chi connectivity index (χ0) is 24.9. The van der Waals surface area contributed by atoms with Crippen molar-refractivity contribution in [3.8, 4) is 11.5 Å². The monoisotopic (exact) mass is 493 g/mol. The van der Waals surface area contributed by atoms with Crippen molar-refractivity contribution in [3.05, 3.63) is 58.1 Å². The highest BCUT2D eigenvalue weighted by atomic mass is 32.2. The highest BCUT2D eigenvalue weighted by Crippen LogP contribution is 2.30. The van der Waals surface area contributed by atoms with Crippen LogP contribution in [-0.4, -0.2) is 75.0 Å². The minimum atomic E-state index is -3.97. The van der Waals surface area contributed by atoms with Gasteiger partial charge in [-0.3, -0.25) is 14.9 Å². The fraction of sp³-hybridized carbons (Fsp3) is 0.409. The van der Waals surface area contributed by atoms with Crippen LogP contribution in [0.5, 0.6) is 11.5 Å². The highest BCUT2D eigenvalue weighted by Gasteiger charge is 2.33. The lowest BCUT2D eigenvalue weighted by molar-refractivity contribution is -0.386. The summed E-state index contributed by atoms with van der Waals surface area (Å²) in [4.78, 5) is 24.7. The second kappa shape index (κ2) is 10.8. The van der Waals surface area contributed by atoms with Gasteiger partial charge in [-0.25, -0.2) is 8.42 Å². The van der Waals surface area contributed by atoms with E-state index in [1.807, 2.05) is 24.3 Å². The molecule has 1 fully saturated rings. The summed E-state index contributed by atoms with van der Waals surface area (Å²) in [6, 6.07) is 10.9. The summed E-state index contributed by atoms with van der Waals surface area (Å²) in [6.07, 6.45) is -0.710. The van der Waals surface area contributed by atoms with Gasteiger partial charge in [0.2, 0.25) is 10.0 Å². The average Bonchev–Trinajstić information content (AvgIpc) is 2.86. The Bertz CT molecular complexity index is 1150. The number of amides is 1. The molecule has 1 unspecified atom stereocenters. The summed E-state index contributed by atoms with van der Waals surface area (Å²) in [5, 5.41) is 11.2. The Kier molecular flexibility index (Phi) is 8.07. The molecule has 1 saturated heterocycles. The number of nitro groups is 1. The van der Waals surface area contributed by atoms with E-state index in [9.17, 15) is 23.3 Å². The van der Waals surface area contributed by atoms with E-state index >= 15 is 0 Å². The van der Waals surface area contributed by atoms with Gasteiger partial charge in [-0.15, -0.1) is 0 Å². The maximum Gasteiger partial charge on any atom is 0.312 e. The van der Waals surface area contributed by atoms with Gasteiger partial charge in [0.25, 0.3) is 5.91 Å². The number of rotatable bonds is 9. The first-order valence-corrected chi connectivity index (χ1v) is 12.0. The van der Waals surface area contributed by atoms with Gasteiger partial charge in [-0.2, -0.15) is 4.31 Å². The molecule has 1 aliphatic heterocycles. The molecule has 0 saturated carbocycles. The van der Waals surface area contributed by atoms with E-state index in [2.05, 4.69) is 0 Å². The third-order valence-electron chi connectivity index (χ3n) is 5.52. The summed E-state index contributed by atoms with van der Waals surface area (Å²) in [5.41, 5.74) is 0.433. The van der Waals surface area contributed by atoms with Gasteiger partial charge in [0.15, 0.2) is 5.75 Å². The molecule has 1 amide bonds. The number of hydrogen-bond donors (Lipinski definition) is 0. The molecule has 12 heteroatoms. The molecule has 0 spiro atoms. The number of piperazine rings is 1. The van der Waals surface area contributed by atoms with Crippen molar-refractivity contribution in [2.75, 3.05) is 40.4 Å². The molecule has 2 aromatic carbocycles. The van der Waals surface area contributed by atoms with Crippen molar-refractivity contribution in [2.24, 2.45) is 0 Å². The Morgan fingerprint density at radius 3 is 2.41 bits per heavy atom. The second-order valence-electron chi connectivity index (χ2n) is 7.62. The first-order valence-electron chi connectivity index (χ1n) is 10.5. The molecule has 2 aromatic rings. The molecule has 0 aliphatic carbocycles. The smallest absolute Gasteiger partial charge is 0.312 e. The molecule has 34 heavy (non-hydrogen) atoms. The zero-order valence-electron chi connectivity index (χ0n) is 19.2. The molecular weight excluding hydrogens is 466 g/mol. The van der Waals surface area contributed by atoms with Gasteiger partial charge >= 0.3 is 5.69 Å². The van der Waals surface area contributed by atoms with Crippen molar-refractivity contribution in [3.63, 3.8) is 0 Å². The fourth-order valence-electron chi connectivity index (χ4n) is 3.58. The summed E-state index contributed by atoms with van der Waals surface area (Å²) in [6.45, 7) is 2.39. The predicted molar refractivity (Wildman–Crippen MR) is 122 cm³/mol. The summed E-state index contributed by atoms with van der Waals surface area (Å²) in [7, 11) is -1.13. The Morgan fingerprint density at radius 2 is 1.79 bits per heavy atom. The second-order valence-corrected chi connectivity index (χ2v) is 9.56. The summed E-state index contributed by atoms with van der Waals surface area (Å²) >= 11 is 0. The van der Waals surface area contributed by atoms with E-state index in [0.717, 1.165) is 11.6 Å². The van der Waals surface area contributed by atoms with E-state index in [1.165, 1.54) is 23.5 Å². The number of carbonyl (C=O) groups is 1. The molecule has 11 nitrogen and oxygen atoms in total. The van der Waals surface area contributed by atoms with Crippen molar-refractivity contribution >= 4 is 21.6 Å². The van der Waals surface area contributed by atoms with E-state index in [-0.39, 0.29) is 49.3 Å². The topological polar surface area (TPSA) is 129 Å². The van der Waals surface area contributed by atoms with Crippen molar-refractivity contribution < 1.29 is 32.3 Å². The molecule has 184 valence electrons. The van der Waals surface area contributed by atoms with E-state index in [1.54, 1.807) is 18.9 Å². The predicted octanol–water partition coefficient (Wildman–Crippen LogP) is 2.05. The Labute approximate surface area is 198 Å². The summed E-state index contributed by atoms with van der Waals surface area (Å²) in [5.74, 6) is 0.432. The van der Waals surface area contributed by atoms with Gasteiger partial charge < -0.3 is 19.1 Å². The lowest BCUT2D eigenvalue weighted by Gasteiger charge is -2.35. The minimum absolute atomic E-state index is 0.0256. The lowest BCUT2D eigenvalue weighted by Crippen LogP contribution is -2.52. The average molecular weight is 494 g/mol. The first-order chi connectivity index (χ1) is 16.2. The maximum atomic E-state index is 13.0. The third kappa shape index (κ3) is 5.64. The fourth-order valence-corrected chi connectivity index (χ4v) is 5.03. The standard InChI is InChI=1S/C22H27N3O8S/c1-16(33-15-17-5-4-6-18(13-17)31-2)22(26)23-9-11-24(12-10-23)34(29,30)19-7-8-21(32-3)20(14-19)25(27)28/h4-8,13-14,16H,9-12,15H2,1-3H3. The molecule has 3 rings (SSSR count). The van der Waals surface area contributed by atoms with E-state index in [4.69, 9.17) is 14.2 Å². The van der Waals surface area contributed by atoms with Crippen LogP contribution in [0.25, 0.3) is 0 Å². The van der Waals surface area contributed by atoms with Crippen molar-refractivity contribution in [1.82, 2.24) is 9.21 Å². The van der Waals surface area contributed by atoms with Crippen LogP contribution in [0.2, 0.25) is 0 Å². The maximum absolute atomic E-state index is 13.0. The normalized spacial score (nSPS) is 15.6. The molecule has 1 atom stereocenters. The third-order valence-corrected chi connectivity index (χ3v) is 7.41. The van der Waals surface area contributed by atoms with Gasteiger partial charge in [0.05, 0.1) is 30.6 Å². The van der Waals surface area contributed by atoms with Gasteiger partial charge in [-0.05, 0) is 36.8 Å². The largest absolute Gasteiger partial charge is 0.497 e. The van der Waals surface area contributed by atoms with Crippen LogP contribution in [0.4, 0.5) is 5.69 Å². The van der Waals surface area contributed by atoms with Crippen LogP contribution in [0, 0.1) is 10.1 Å². The van der Waals surface area contributed by atoms with Crippen molar-refractivity contribution in [1.29, 1.82) is 0 Å². The van der Waals surface area contributed by atoms with Crippen molar-refractivity contribution in [2.45, 2.75) is 24.5 Å². The van der Waals surface area contributed by atoms with E-state index < -0.39 is 26.7 Å². The molecular formula is C22H27N3O8S. The molecule has 0 bridgehead atoms. The molecule has 0 aromatic heterocycles. The van der Waals surface area contributed by atoms with Crippen LogP contribution in [-0.2, 0) is 26.2 Å². The molecule has 1 aliphatic rings. The molecule has 0 N–H and O–H groups in total. The zero-order valence-corrected chi connectivity index (χ0v) is 20.0. The van der Waals surface area contributed by atoms with Crippen LogP contribution in [0.1, 0.15) is 12.5 Å². The SMILES string of the molecule is COc1cccc(COC(C)C(=O)N2CCN(S(=O)(=O)c3ccc(OC)c([N+](=O)[O-])c3)CC2)c1. The molecule has 0 radical (unpaired) electrons. The summed E-state index contributed by atoms with van der Waals surface area (Å²) < 4.78 is 43.0. The molecule has 1 heterocycles. The van der Waals surface area contributed by atoms with E-state index in [0.29, 0.717) is 5.75 Å². The number of nitro benzene ring substituents is 1. The van der Waals surface area contributed by atoms with Crippen LogP contribution < -0.4 is 9.47 Å². The first kappa shape index (κ1) is 25.4. The number of nitrogens with zero attached hydrogens (tertiary/aromatic N) is 3. The van der Waals surface area contributed by atoms with Gasteiger partial charge in [0.1, 0.15) is 11.9 Å². The number of methoxy groups -OCH3 is 2. The number of sulfonamides is 1. The minimum Gasteiger partial charge on any atom is -0.497 e. The van der Waals surface area contributed by atoms with Crippen LogP contribution in [0.3, 0.4) is 0 Å². The number of carbonyl (C=O) groups excluding carboxylic acids is 1. The Hall–Kier alpha value is -3.22. The number of benzene rings is 2. The Morgan fingerprint density at radius 1 is 1.09 bits per heavy atom. The van der Waals surface area contributed by atoms with Crippen LogP contribution >= 0.6 is 0 Å². The highest BCUT2D eigenvalue weighted by molar-refractivity contribution is 7.89. The van der Waals surface area contributed by atoms with Gasteiger partial charge in [-0.1, -0.05) is 12.1 Å². The van der Waals surface area contributed by atoms with Gasteiger partial charge in [0, 0.05) is 32.2 Å². The number of hydrogen-bond acceptors (Lipinski definition) is 8. The Balaban J connectivity index is 1.60.